The molecule has 0 aliphatic carbocycles. The Morgan fingerprint density at radius 1 is 1.13 bits per heavy atom. The summed E-state index contributed by atoms with van der Waals surface area (Å²) in [5.41, 5.74) is -0.727. The molecule has 3 aromatic rings. The van der Waals surface area contributed by atoms with Crippen LogP contribution in [0.5, 0.6) is 5.75 Å². The highest BCUT2D eigenvalue weighted by Gasteiger charge is 2.28. The number of aryl methyl sites for hydroxylation is 1. The fourth-order valence-electron chi connectivity index (χ4n) is 2.30. The van der Waals surface area contributed by atoms with Gasteiger partial charge >= 0.3 is 15.8 Å². The third-order valence-electron chi connectivity index (χ3n) is 3.69. The Morgan fingerprint density at radius 3 is 2.33 bits per heavy atom. The Labute approximate surface area is 170 Å². The van der Waals surface area contributed by atoms with Gasteiger partial charge in [-0.25, -0.2) is 0 Å². The topological polar surface area (TPSA) is 143 Å². The van der Waals surface area contributed by atoms with Crippen molar-refractivity contribution in [3.63, 3.8) is 0 Å². The lowest BCUT2D eigenvalue weighted by Crippen LogP contribution is -2.11. The molecule has 0 unspecified atom stereocenters. The van der Waals surface area contributed by atoms with Crippen LogP contribution in [0.4, 0.5) is 5.69 Å². The molecule has 10 nitrogen and oxygen atoms in total. The molecule has 1 aromatic heterocycles. The largest absolute Gasteiger partial charge is 0.468 e. The van der Waals surface area contributed by atoms with E-state index in [0.717, 1.165) is 24.0 Å². The normalized spacial score (nSPS) is 10.6. The van der Waals surface area contributed by atoms with Gasteiger partial charge in [0.15, 0.2) is 5.43 Å². The predicted octanol–water partition coefficient (Wildman–Crippen LogP) is 2.96. The first-order valence-corrected chi connectivity index (χ1v) is 9.87. The quantitative estimate of drug-likeness (QED) is 0.247. The molecular formula is C19H17NO9S. The summed E-state index contributed by atoms with van der Waals surface area (Å²) >= 11 is 0. The van der Waals surface area contributed by atoms with Crippen LogP contribution in [0.1, 0.15) is 12.5 Å². The van der Waals surface area contributed by atoms with Gasteiger partial charge in [-0.1, -0.05) is 17.7 Å². The first-order chi connectivity index (χ1) is 14.2. The lowest BCUT2D eigenvalue weighted by molar-refractivity contribution is -0.384. The van der Waals surface area contributed by atoms with Crippen molar-refractivity contribution >= 4 is 33.2 Å². The Hall–Kier alpha value is -3.73. The Balaban J connectivity index is 0.000000575. The minimum absolute atomic E-state index is 0.0470. The number of rotatable bonds is 6. The van der Waals surface area contributed by atoms with E-state index < -0.39 is 31.9 Å². The summed E-state index contributed by atoms with van der Waals surface area (Å²) in [6, 6.07) is 9.19. The van der Waals surface area contributed by atoms with Gasteiger partial charge in [0.05, 0.1) is 23.2 Å². The zero-order valence-corrected chi connectivity index (χ0v) is 16.7. The maximum atomic E-state index is 12.4. The summed E-state index contributed by atoms with van der Waals surface area (Å²) in [6.07, 6.45) is 0.996. The van der Waals surface area contributed by atoms with Crippen LogP contribution >= 0.6 is 0 Å². The van der Waals surface area contributed by atoms with E-state index in [4.69, 9.17) is 8.60 Å². The molecule has 0 aliphatic rings. The molecule has 0 bridgehead atoms. The van der Waals surface area contributed by atoms with Gasteiger partial charge in [0.2, 0.25) is 11.3 Å². The number of hydrogen-bond donors (Lipinski definition) is 0. The first kappa shape index (κ1) is 22.6. The molecule has 30 heavy (non-hydrogen) atoms. The summed E-state index contributed by atoms with van der Waals surface area (Å²) in [4.78, 5) is 31.3. The summed E-state index contributed by atoms with van der Waals surface area (Å²) in [5, 5.41) is 11.3. The molecule has 0 aliphatic heterocycles. The van der Waals surface area contributed by atoms with E-state index in [-0.39, 0.29) is 15.9 Å². The average Bonchev–Trinajstić information content (AvgIpc) is 2.69. The van der Waals surface area contributed by atoms with Gasteiger partial charge in [-0.15, -0.1) is 0 Å². The fraction of sp³-hybridized carbons (Fsp3) is 0.158. The van der Waals surface area contributed by atoms with E-state index in [9.17, 15) is 28.1 Å². The van der Waals surface area contributed by atoms with Crippen LogP contribution in [-0.4, -0.2) is 26.4 Å². The van der Waals surface area contributed by atoms with E-state index >= 15 is 0 Å². The number of nitro benzene ring substituents is 1. The number of nitrogens with zero attached hydrogens (tertiary/aromatic N) is 1. The van der Waals surface area contributed by atoms with Crippen LogP contribution in [0.3, 0.4) is 0 Å². The molecule has 0 saturated carbocycles. The molecule has 2 aromatic carbocycles. The monoisotopic (exact) mass is 435 g/mol. The lowest BCUT2D eigenvalue weighted by atomic mass is 10.2. The molecule has 0 radical (unpaired) electrons. The van der Waals surface area contributed by atoms with Crippen molar-refractivity contribution in [1.29, 1.82) is 0 Å². The number of carbonyl (C=O) groups is 1. The third kappa shape index (κ3) is 5.20. The van der Waals surface area contributed by atoms with Gasteiger partial charge in [0, 0.05) is 6.07 Å². The van der Waals surface area contributed by atoms with Gasteiger partial charge in [-0.05, 0) is 38.1 Å². The Kier molecular flexibility index (Phi) is 7.26. The second-order valence-corrected chi connectivity index (χ2v) is 7.28. The average molecular weight is 435 g/mol. The Morgan fingerprint density at radius 2 is 1.80 bits per heavy atom. The zero-order chi connectivity index (χ0) is 22.3. The van der Waals surface area contributed by atoms with E-state index in [1.165, 1.54) is 18.2 Å². The standard InChI is InChI=1S/C16H11NO7S.C3H6O2/c1-10-2-4-11(5-3-10)25(21,22)24-14-7-6-12-13(18)8-9-23-16(12)15(14)17(19)20;1-2-5-3-4/h2-9H,1H3;3H,2H2,1H3. The van der Waals surface area contributed by atoms with Crippen molar-refractivity contribution in [1.82, 2.24) is 0 Å². The van der Waals surface area contributed by atoms with Crippen molar-refractivity contribution in [3.05, 3.63) is 74.6 Å². The summed E-state index contributed by atoms with van der Waals surface area (Å²) in [5.74, 6) is -0.535. The van der Waals surface area contributed by atoms with Gasteiger partial charge in [0.25, 0.3) is 6.47 Å². The molecule has 0 atom stereocenters. The number of fused-ring (bicyclic) bond motifs is 1. The fourth-order valence-corrected chi connectivity index (χ4v) is 3.24. The number of carbonyl (C=O) groups excluding carboxylic acids is 1. The van der Waals surface area contributed by atoms with Crippen LogP contribution in [0, 0.1) is 17.0 Å². The highest BCUT2D eigenvalue weighted by Crippen LogP contribution is 2.35. The molecule has 0 amide bonds. The molecule has 0 N–H and O–H groups in total. The highest BCUT2D eigenvalue weighted by molar-refractivity contribution is 7.87. The van der Waals surface area contributed by atoms with Crippen molar-refractivity contribution in [2.45, 2.75) is 18.7 Å². The van der Waals surface area contributed by atoms with E-state index in [1.54, 1.807) is 26.0 Å². The second-order valence-electron chi connectivity index (χ2n) is 5.73. The molecule has 0 saturated heterocycles. The van der Waals surface area contributed by atoms with Crippen LogP contribution in [0.2, 0.25) is 0 Å². The minimum Gasteiger partial charge on any atom is -0.468 e. The molecule has 1 heterocycles. The number of ether oxygens (including phenoxy) is 1. The SMILES string of the molecule is CCOC=O.Cc1ccc(S(=O)(=O)Oc2ccc3c(=O)ccoc3c2[N+](=O)[O-])cc1. The maximum Gasteiger partial charge on any atom is 0.355 e. The van der Waals surface area contributed by atoms with Crippen molar-refractivity contribution in [3.8, 4) is 5.75 Å². The van der Waals surface area contributed by atoms with Crippen LogP contribution < -0.4 is 9.61 Å². The molecular weight excluding hydrogens is 418 g/mol. The van der Waals surface area contributed by atoms with Gasteiger partial charge < -0.3 is 13.3 Å². The zero-order valence-electron chi connectivity index (χ0n) is 15.9. The van der Waals surface area contributed by atoms with Crippen LogP contribution in [0.25, 0.3) is 11.0 Å². The number of benzene rings is 2. The molecule has 11 heteroatoms. The number of hydrogen-bond acceptors (Lipinski definition) is 9. The van der Waals surface area contributed by atoms with Gasteiger partial charge in [-0.3, -0.25) is 19.7 Å². The van der Waals surface area contributed by atoms with Gasteiger partial charge in [0.1, 0.15) is 4.90 Å². The van der Waals surface area contributed by atoms with Crippen molar-refractivity contribution < 1.29 is 31.5 Å². The van der Waals surface area contributed by atoms with Crippen LogP contribution in [0.15, 0.2) is 62.8 Å². The first-order valence-electron chi connectivity index (χ1n) is 8.46. The second kappa shape index (κ2) is 9.65. The molecule has 0 spiro atoms. The summed E-state index contributed by atoms with van der Waals surface area (Å²) in [7, 11) is -4.29. The van der Waals surface area contributed by atoms with Crippen molar-refractivity contribution in [2.24, 2.45) is 0 Å². The highest BCUT2D eigenvalue weighted by atomic mass is 32.2. The van der Waals surface area contributed by atoms with E-state index in [2.05, 4.69) is 4.74 Å². The summed E-state index contributed by atoms with van der Waals surface area (Å²) in [6.45, 7) is 4.45. The minimum atomic E-state index is -4.29. The Bertz CT molecular complexity index is 1210. The summed E-state index contributed by atoms with van der Waals surface area (Å²) < 4.78 is 38.8. The predicted molar refractivity (Wildman–Crippen MR) is 106 cm³/mol. The third-order valence-corrected chi connectivity index (χ3v) is 4.94. The molecule has 158 valence electrons. The van der Waals surface area contributed by atoms with E-state index in [1.807, 2.05) is 0 Å². The van der Waals surface area contributed by atoms with Crippen LogP contribution in [-0.2, 0) is 19.6 Å². The van der Waals surface area contributed by atoms with Gasteiger partial charge in [-0.2, -0.15) is 8.42 Å². The lowest BCUT2D eigenvalue weighted by Gasteiger charge is -2.08. The molecule has 0 fully saturated rings. The number of nitro groups is 1. The van der Waals surface area contributed by atoms with Crippen molar-refractivity contribution in [2.75, 3.05) is 6.61 Å². The smallest absolute Gasteiger partial charge is 0.355 e. The molecule has 3 rings (SSSR count). The maximum absolute atomic E-state index is 12.4. The van der Waals surface area contributed by atoms with E-state index in [0.29, 0.717) is 13.1 Å².